The third-order valence-corrected chi connectivity index (χ3v) is 3.65. The van der Waals surface area contributed by atoms with E-state index < -0.39 is 6.10 Å². The van der Waals surface area contributed by atoms with Gasteiger partial charge < -0.3 is 15.2 Å². The minimum atomic E-state index is -0.660. The fourth-order valence-corrected chi connectivity index (χ4v) is 2.54. The minimum Gasteiger partial charge on any atom is -0.474 e. The highest BCUT2D eigenvalue weighted by Crippen LogP contribution is 2.39. The molecule has 5 nitrogen and oxygen atoms in total. The normalized spacial score (nSPS) is 17.1. The maximum atomic E-state index is 12.8. The number of carbonyl (C=O) groups excluding carboxylic acids is 1. The van der Waals surface area contributed by atoms with Gasteiger partial charge in [-0.3, -0.25) is 9.69 Å². The first-order chi connectivity index (χ1) is 10.7. The molecule has 0 fully saturated rings. The van der Waals surface area contributed by atoms with E-state index in [1.165, 1.54) is 0 Å². The van der Waals surface area contributed by atoms with Crippen molar-refractivity contribution < 1.29 is 14.3 Å². The molecular weight excluding hydrogens is 280 g/mol. The fraction of sp³-hybridized carbons (Fsp3) is 0.235. The molecule has 22 heavy (non-hydrogen) atoms. The Kier molecular flexibility index (Phi) is 4.09. The highest BCUT2D eigenvalue weighted by atomic mass is 16.5. The van der Waals surface area contributed by atoms with Gasteiger partial charge in [-0.1, -0.05) is 36.4 Å². The number of hydrogen-bond donors (Lipinski definition) is 1. The number of benzene rings is 2. The van der Waals surface area contributed by atoms with Crippen molar-refractivity contribution in [2.75, 3.05) is 18.7 Å². The van der Waals surface area contributed by atoms with Crippen molar-refractivity contribution in [3.8, 4) is 5.75 Å². The summed E-state index contributed by atoms with van der Waals surface area (Å²) in [5.74, 6) is 0.512. The molecule has 1 heterocycles. The Balaban J connectivity index is 2.03. The summed E-state index contributed by atoms with van der Waals surface area (Å²) < 4.78 is 11.1. The van der Waals surface area contributed by atoms with Gasteiger partial charge in [-0.2, -0.15) is 0 Å². The molecule has 2 aromatic carbocycles. The number of carbonyl (C=O) groups is 1. The van der Waals surface area contributed by atoms with E-state index in [9.17, 15) is 4.79 Å². The molecular formula is C17H18N2O3. The molecule has 0 radical (unpaired) electrons. The van der Waals surface area contributed by atoms with Crippen LogP contribution in [0.2, 0.25) is 0 Å². The van der Waals surface area contributed by atoms with E-state index in [2.05, 4.69) is 0 Å². The fourth-order valence-electron chi connectivity index (χ4n) is 2.54. The Labute approximate surface area is 129 Å². The molecule has 1 aliphatic rings. The SMILES string of the molecule is COCN1C(=O)C(c2ccccc2)Oc2ccc(CN)cc21. The largest absolute Gasteiger partial charge is 0.474 e. The molecule has 2 aromatic rings. The zero-order valence-electron chi connectivity index (χ0n) is 12.4. The Morgan fingerprint density at radius 1 is 1.23 bits per heavy atom. The van der Waals surface area contributed by atoms with Crippen LogP contribution < -0.4 is 15.4 Å². The number of nitrogens with two attached hydrogens (primary N) is 1. The molecule has 1 atom stereocenters. The van der Waals surface area contributed by atoms with Gasteiger partial charge in [0.05, 0.1) is 5.69 Å². The topological polar surface area (TPSA) is 64.8 Å². The second-order valence-electron chi connectivity index (χ2n) is 5.10. The van der Waals surface area contributed by atoms with Gasteiger partial charge in [0.15, 0.2) is 0 Å². The first-order valence-corrected chi connectivity index (χ1v) is 7.09. The number of amides is 1. The summed E-state index contributed by atoms with van der Waals surface area (Å²) in [5, 5.41) is 0. The van der Waals surface area contributed by atoms with Gasteiger partial charge >= 0.3 is 0 Å². The van der Waals surface area contributed by atoms with Crippen LogP contribution in [0.25, 0.3) is 0 Å². The highest BCUT2D eigenvalue weighted by molar-refractivity contribution is 6.00. The number of ether oxygens (including phenoxy) is 2. The molecule has 1 aliphatic heterocycles. The molecule has 0 aliphatic carbocycles. The first-order valence-electron chi connectivity index (χ1n) is 7.09. The van der Waals surface area contributed by atoms with Crippen LogP contribution in [-0.4, -0.2) is 19.7 Å². The van der Waals surface area contributed by atoms with Gasteiger partial charge in [0.2, 0.25) is 6.10 Å². The van der Waals surface area contributed by atoms with E-state index in [0.29, 0.717) is 18.0 Å². The van der Waals surface area contributed by atoms with Crippen molar-refractivity contribution in [1.82, 2.24) is 0 Å². The van der Waals surface area contributed by atoms with Crippen LogP contribution in [-0.2, 0) is 16.1 Å². The summed E-state index contributed by atoms with van der Waals surface area (Å²) in [4.78, 5) is 14.4. The van der Waals surface area contributed by atoms with E-state index in [0.717, 1.165) is 11.1 Å². The minimum absolute atomic E-state index is 0.144. The lowest BCUT2D eigenvalue weighted by Gasteiger charge is -2.34. The summed E-state index contributed by atoms with van der Waals surface area (Å²) in [7, 11) is 1.56. The number of fused-ring (bicyclic) bond motifs is 1. The molecule has 0 saturated carbocycles. The molecule has 2 N–H and O–H groups in total. The van der Waals surface area contributed by atoms with Crippen molar-refractivity contribution >= 4 is 11.6 Å². The van der Waals surface area contributed by atoms with E-state index in [4.69, 9.17) is 15.2 Å². The maximum Gasteiger partial charge on any atom is 0.274 e. The van der Waals surface area contributed by atoms with Gasteiger partial charge in [-0.25, -0.2) is 0 Å². The number of rotatable bonds is 4. The summed E-state index contributed by atoms with van der Waals surface area (Å²) in [6.07, 6.45) is -0.660. The Morgan fingerprint density at radius 2 is 2.00 bits per heavy atom. The number of methoxy groups -OCH3 is 1. The van der Waals surface area contributed by atoms with E-state index >= 15 is 0 Å². The van der Waals surface area contributed by atoms with Crippen LogP contribution in [0.15, 0.2) is 48.5 Å². The van der Waals surface area contributed by atoms with Gasteiger partial charge in [0, 0.05) is 19.2 Å². The van der Waals surface area contributed by atoms with Gasteiger partial charge in [0.25, 0.3) is 5.91 Å². The van der Waals surface area contributed by atoms with E-state index in [1.807, 2.05) is 48.5 Å². The molecule has 0 aromatic heterocycles. The van der Waals surface area contributed by atoms with Crippen molar-refractivity contribution in [3.05, 3.63) is 59.7 Å². The van der Waals surface area contributed by atoms with Crippen LogP contribution in [0.3, 0.4) is 0 Å². The summed E-state index contributed by atoms with van der Waals surface area (Å²) in [6, 6.07) is 15.1. The summed E-state index contributed by atoms with van der Waals surface area (Å²) >= 11 is 0. The van der Waals surface area contributed by atoms with Gasteiger partial charge in [0.1, 0.15) is 12.5 Å². The highest BCUT2D eigenvalue weighted by Gasteiger charge is 2.35. The molecule has 3 rings (SSSR count). The van der Waals surface area contributed by atoms with E-state index in [-0.39, 0.29) is 12.6 Å². The monoisotopic (exact) mass is 298 g/mol. The van der Waals surface area contributed by atoms with Crippen LogP contribution in [0.4, 0.5) is 5.69 Å². The predicted molar refractivity (Wildman–Crippen MR) is 83.5 cm³/mol. The van der Waals surface area contributed by atoms with Gasteiger partial charge in [-0.05, 0) is 17.7 Å². The lowest BCUT2D eigenvalue weighted by atomic mass is 10.0. The molecule has 0 spiro atoms. The second-order valence-corrected chi connectivity index (χ2v) is 5.10. The van der Waals surface area contributed by atoms with Crippen molar-refractivity contribution in [2.24, 2.45) is 5.73 Å². The van der Waals surface area contributed by atoms with Crippen molar-refractivity contribution in [2.45, 2.75) is 12.6 Å². The molecule has 5 heteroatoms. The zero-order valence-corrected chi connectivity index (χ0v) is 12.4. The van der Waals surface area contributed by atoms with Crippen LogP contribution in [0.5, 0.6) is 5.75 Å². The lowest BCUT2D eigenvalue weighted by molar-refractivity contribution is -0.127. The summed E-state index contributed by atoms with van der Waals surface area (Å²) in [5.41, 5.74) is 8.14. The van der Waals surface area contributed by atoms with Crippen LogP contribution in [0, 0.1) is 0 Å². The predicted octanol–water partition coefficient (Wildman–Crippen LogP) is 2.22. The third-order valence-electron chi connectivity index (χ3n) is 3.65. The van der Waals surface area contributed by atoms with Crippen molar-refractivity contribution in [3.63, 3.8) is 0 Å². The van der Waals surface area contributed by atoms with E-state index in [1.54, 1.807) is 12.0 Å². The average Bonchev–Trinajstić information content (AvgIpc) is 2.57. The molecule has 1 unspecified atom stereocenters. The molecule has 0 bridgehead atoms. The standard InChI is InChI=1S/C17H18N2O3/c1-21-11-19-14-9-12(10-18)7-8-15(14)22-16(17(19)20)13-5-3-2-4-6-13/h2-9,16H,10-11,18H2,1H3. The zero-order chi connectivity index (χ0) is 15.5. The quantitative estimate of drug-likeness (QED) is 0.940. The molecule has 114 valence electrons. The van der Waals surface area contributed by atoms with Gasteiger partial charge in [-0.15, -0.1) is 0 Å². The number of nitrogens with zero attached hydrogens (tertiary/aromatic N) is 1. The number of hydrogen-bond acceptors (Lipinski definition) is 4. The van der Waals surface area contributed by atoms with Crippen LogP contribution in [0.1, 0.15) is 17.2 Å². The Hall–Kier alpha value is -2.37. The lowest BCUT2D eigenvalue weighted by Crippen LogP contribution is -2.42. The molecule has 1 amide bonds. The van der Waals surface area contributed by atoms with Crippen molar-refractivity contribution in [1.29, 1.82) is 0 Å². The number of anilines is 1. The Bertz CT molecular complexity index is 673. The molecule has 0 saturated heterocycles. The average molecular weight is 298 g/mol. The second kappa shape index (κ2) is 6.17. The maximum absolute atomic E-state index is 12.8. The summed E-state index contributed by atoms with van der Waals surface area (Å²) in [6.45, 7) is 0.580. The van der Waals surface area contributed by atoms with Crippen LogP contribution >= 0.6 is 0 Å². The smallest absolute Gasteiger partial charge is 0.274 e. The Morgan fingerprint density at radius 3 is 2.68 bits per heavy atom. The first kappa shape index (κ1) is 14.6. The third kappa shape index (κ3) is 2.56.